The van der Waals surface area contributed by atoms with Crippen molar-refractivity contribution in [1.82, 2.24) is 5.43 Å². The van der Waals surface area contributed by atoms with Crippen LogP contribution in [-0.2, 0) is 0 Å². The van der Waals surface area contributed by atoms with Crippen LogP contribution in [0.1, 0.15) is 41.8 Å². The third-order valence-electron chi connectivity index (χ3n) is 3.51. The lowest BCUT2D eigenvalue weighted by molar-refractivity contribution is 0.0951. The number of carbonyl (C=O) groups excluding carboxylic acids is 1. The molecule has 0 saturated carbocycles. The lowest BCUT2D eigenvalue weighted by Gasteiger charge is -2.12. The van der Waals surface area contributed by atoms with Gasteiger partial charge in [-0.3, -0.25) is 4.79 Å². The van der Waals surface area contributed by atoms with E-state index in [0.717, 1.165) is 23.8 Å². The van der Waals surface area contributed by atoms with Crippen LogP contribution in [0.15, 0.2) is 47.6 Å². The number of nitriles is 1. The summed E-state index contributed by atoms with van der Waals surface area (Å²) in [6.07, 6.45) is 2.51. The molecule has 2 aromatic rings. The molecule has 1 amide bonds. The average molecular weight is 339 g/mol. The van der Waals surface area contributed by atoms with Gasteiger partial charge in [0.15, 0.2) is 0 Å². The summed E-state index contributed by atoms with van der Waals surface area (Å²) in [5.41, 5.74) is 3.00. The van der Waals surface area contributed by atoms with Crippen LogP contribution in [0.3, 0.4) is 0 Å². The molecule has 25 heavy (non-hydrogen) atoms. The molecule has 128 valence electrons. The molecule has 2 rings (SSSR count). The maximum Gasteiger partial charge on any atom is 0.274 e. The number of hydrazone groups is 1. The fraction of sp³-hybridized carbons (Fsp3) is 0.211. The number of ether oxygens (including phenoxy) is 1. The standard InChI is InChI=1S/C19H18FN3O2/c1-3-13(2)25-16-7-4-14(5-8-16)12-22-23-19(24)17-9-6-15(11-21)10-18(17)20/h4-10,12-13H,3H2,1-2H3,(H,23,24). The first-order valence-corrected chi connectivity index (χ1v) is 7.83. The fourth-order valence-corrected chi connectivity index (χ4v) is 1.94. The van der Waals surface area contributed by atoms with Crippen molar-refractivity contribution in [2.45, 2.75) is 26.4 Å². The zero-order chi connectivity index (χ0) is 18.2. The Morgan fingerprint density at radius 1 is 1.36 bits per heavy atom. The highest BCUT2D eigenvalue weighted by Gasteiger charge is 2.11. The summed E-state index contributed by atoms with van der Waals surface area (Å²) < 4.78 is 19.4. The Bertz CT molecular complexity index is 810. The Hall–Kier alpha value is -3.20. The quantitative estimate of drug-likeness (QED) is 0.645. The molecule has 1 N–H and O–H groups in total. The van der Waals surface area contributed by atoms with Crippen molar-refractivity contribution >= 4 is 12.1 Å². The average Bonchev–Trinajstić information content (AvgIpc) is 2.62. The monoisotopic (exact) mass is 339 g/mol. The molecule has 0 heterocycles. The van der Waals surface area contributed by atoms with E-state index in [9.17, 15) is 9.18 Å². The van der Waals surface area contributed by atoms with E-state index in [4.69, 9.17) is 10.00 Å². The first-order valence-electron chi connectivity index (χ1n) is 7.83. The fourth-order valence-electron chi connectivity index (χ4n) is 1.94. The molecule has 0 aliphatic heterocycles. The molecule has 0 spiro atoms. The summed E-state index contributed by atoms with van der Waals surface area (Å²) in [6.45, 7) is 4.04. The molecule has 0 aliphatic rings. The van der Waals surface area contributed by atoms with Crippen LogP contribution >= 0.6 is 0 Å². The number of hydrogen-bond donors (Lipinski definition) is 1. The number of halogens is 1. The van der Waals surface area contributed by atoms with Gasteiger partial charge in [0.05, 0.1) is 29.5 Å². The molecule has 2 aromatic carbocycles. The van der Waals surface area contributed by atoms with Crippen molar-refractivity contribution in [2.24, 2.45) is 5.10 Å². The highest BCUT2D eigenvalue weighted by molar-refractivity contribution is 5.95. The predicted molar refractivity (Wildman–Crippen MR) is 93.0 cm³/mol. The molecule has 1 atom stereocenters. The molecular weight excluding hydrogens is 321 g/mol. The molecule has 0 radical (unpaired) electrons. The van der Waals surface area contributed by atoms with Crippen molar-refractivity contribution in [1.29, 1.82) is 5.26 Å². The minimum Gasteiger partial charge on any atom is -0.491 e. The van der Waals surface area contributed by atoms with Gasteiger partial charge in [-0.05, 0) is 61.4 Å². The summed E-state index contributed by atoms with van der Waals surface area (Å²) in [5.74, 6) is -0.691. The Labute approximate surface area is 145 Å². The summed E-state index contributed by atoms with van der Waals surface area (Å²) >= 11 is 0. The number of hydrogen-bond acceptors (Lipinski definition) is 4. The second kappa shape index (κ2) is 8.60. The zero-order valence-corrected chi connectivity index (χ0v) is 14.0. The van der Waals surface area contributed by atoms with Crippen molar-refractivity contribution < 1.29 is 13.9 Å². The van der Waals surface area contributed by atoms with E-state index in [0.29, 0.717) is 0 Å². The molecular formula is C19H18FN3O2. The lowest BCUT2D eigenvalue weighted by Crippen LogP contribution is -2.19. The normalized spacial score (nSPS) is 11.8. The van der Waals surface area contributed by atoms with Crippen molar-refractivity contribution in [3.05, 3.63) is 65.0 Å². The SMILES string of the molecule is CCC(C)Oc1ccc(C=NNC(=O)c2ccc(C#N)cc2F)cc1. The smallest absolute Gasteiger partial charge is 0.274 e. The second-order valence-electron chi connectivity index (χ2n) is 5.41. The summed E-state index contributed by atoms with van der Waals surface area (Å²) in [5, 5.41) is 12.5. The van der Waals surface area contributed by atoms with Crippen molar-refractivity contribution in [3.63, 3.8) is 0 Å². The van der Waals surface area contributed by atoms with Gasteiger partial charge in [-0.25, -0.2) is 9.82 Å². The minimum atomic E-state index is -0.765. The van der Waals surface area contributed by atoms with Crippen LogP contribution in [0.5, 0.6) is 5.75 Å². The first kappa shape index (κ1) is 18.1. The molecule has 1 unspecified atom stereocenters. The van der Waals surface area contributed by atoms with Gasteiger partial charge in [-0.1, -0.05) is 6.92 Å². The molecule has 6 heteroatoms. The van der Waals surface area contributed by atoms with E-state index in [-0.39, 0.29) is 17.2 Å². The van der Waals surface area contributed by atoms with Crippen LogP contribution in [0.2, 0.25) is 0 Å². The first-order chi connectivity index (χ1) is 12.0. The Morgan fingerprint density at radius 3 is 2.68 bits per heavy atom. The number of benzene rings is 2. The van der Waals surface area contributed by atoms with E-state index in [1.807, 2.05) is 26.0 Å². The van der Waals surface area contributed by atoms with Gasteiger partial charge in [0.25, 0.3) is 5.91 Å². The topological polar surface area (TPSA) is 74.5 Å². The van der Waals surface area contributed by atoms with Gasteiger partial charge in [0.1, 0.15) is 11.6 Å². The highest BCUT2D eigenvalue weighted by atomic mass is 19.1. The van der Waals surface area contributed by atoms with Gasteiger partial charge < -0.3 is 4.74 Å². The minimum absolute atomic E-state index is 0.140. The van der Waals surface area contributed by atoms with Gasteiger partial charge in [-0.15, -0.1) is 0 Å². The summed E-state index contributed by atoms with van der Waals surface area (Å²) in [7, 11) is 0. The molecule has 0 aliphatic carbocycles. The molecule has 0 bridgehead atoms. The summed E-state index contributed by atoms with van der Waals surface area (Å²) in [4.78, 5) is 11.9. The Kier molecular flexibility index (Phi) is 6.24. The Morgan fingerprint density at radius 2 is 2.08 bits per heavy atom. The molecule has 0 fully saturated rings. The van der Waals surface area contributed by atoms with Crippen LogP contribution in [0.4, 0.5) is 4.39 Å². The van der Waals surface area contributed by atoms with E-state index >= 15 is 0 Å². The van der Waals surface area contributed by atoms with Gasteiger partial charge in [-0.2, -0.15) is 10.4 Å². The number of amides is 1. The number of nitrogens with one attached hydrogen (secondary N) is 1. The van der Waals surface area contributed by atoms with Crippen LogP contribution in [0, 0.1) is 17.1 Å². The van der Waals surface area contributed by atoms with Crippen LogP contribution < -0.4 is 10.2 Å². The zero-order valence-electron chi connectivity index (χ0n) is 14.0. The van der Waals surface area contributed by atoms with Gasteiger partial charge >= 0.3 is 0 Å². The van der Waals surface area contributed by atoms with E-state index < -0.39 is 11.7 Å². The van der Waals surface area contributed by atoms with Crippen LogP contribution in [0.25, 0.3) is 0 Å². The predicted octanol–water partition coefficient (Wildman–Crippen LogP) is 3.64. The van der Waals surface area contributed by atoms with Crippen molar-refractivity contribution in [2.75, 3.05) is 0 Å². The van der Waals surface area contributed by atoms with E-state index in [1.165, 1.54) is 18.3 Å². The van der Waals surface area contributed by atoms with E-state index in [1.54, 1.807) is 18.2 Å². The third-order valence-corrected chi connectivity index (χ3v) is 3.51. The second-order valence-corrected chi connectivity index (χ2v) is 5.41. The Balaban J connectivity index is 1.96. The van der Waals surface area contributed by atoms with Crippen LogP contribution in [-0.4, -0.2) is 18.2 Å². The van der Waals surface area contributed by atoms with Gasteiger partial charge in [0, 0.05) is 0 Å². The maximum atomic E-state index is 13.7. The lowest BCUT2D eigenvalue weighted by atomic mass is 10.1. The molecule has 0 aromatic heterocycles. The third kappa shape index (κ3) is 5.15. The highest BCUT2D eigenvalue weighted by Crippen LogP contribution is 2.14. The van der Waals surface area contributed by atoms with E-state index in [2.05, 4.69) is 10.5 Å². The number of carbonyl (C=O) groups is 1. The maximum absolute atomic E-state index is 13.7. The molecule has 0 saturated heterocycles. The van der Waals surface area contributed by atoms with Gasteiger partial charge in [0.2, 0.25) is 0 Å². The van der Waals surface area contributed by atoms with Crippen molar-refractivity contribution in [3.8, 4) is 11.8 Å². The molecule has 5 nitrogen and oxygen atoms in total. The number of rotatable bonds is 6. The largest absolute Gasteiger partial charge is 0.491 e. The summed E-state index contributed by atoms with van der Waals surface area (Å²) in [6, 6.07) is 12.7. The number of nitrogens with zero attached hydrogens (tertiary/aromatic N) is 2.